The maximum absolute atomic E-state index is 11.9. The minimum atomic E-state index is -0.137. The van der Waals surface area contributed by atoms with E-state index in [9.17, 15) is 4.79 Å². The Balaban J connectivity index is 2.07. The minimum absolute atomic E-state index is 0.128. The number of nitrogens with zero attached hydrogens (tertiary/aromatic N) is 1. The molecule has 0 saturated heterocycles. The number of carbonyl (C=O) groups excluding carboxylic acids is 1. The topological polar surface area (TPSA) is 62.1 Å². The van der Waals surface area contributed by atoms with Crippen LogP contribution in [0.25, 0.3) is 0 Å². The Morgan fingerprint density at radius 3 is 3.24 bits per heavy atom. The molecule has 1 aliphatic rings. The third-order valence-electron chi connectivity index (χ3n) is 2.73. The van der Waals surface area contributed by atoms with Crippen LogP contribution in [-0.4, -0.2) is 18.6 Å². The van der Waals surface area contributed by atoms with Crippen molar-refractivity contribution in [2.45, 2.75) is 25.8 Å². The largest absolute Gasteiger partial charge is 0.493 e. The number of nitrogens with one attached hydrogen (secondary N) is 1. The van der Waals surface area contributed by atoms with Crippen LogP contribution in [0.15, 0.2) is 18.2 Å². The monoisotopic (exact) mass is 230 g/mol. The molecule has 1 unspecified atom stereocenters. The van der Waals surface area contributed by atoms with E-state index in [2.05, 4.69) is 5.32 Å². The number of hydrogen-bond donors (Lipinski definition) is 1. The molecule has 0 radical (unpaired) electrons. The molecule has 88 valence electrons. The lowest BCUT2D eigenvalue weighted by Crippen LogP contribution is -2.32. The van der Waals surface area contributed by atoms with E-state index in [4.69, 9.17) is 10.00 Å². The molecule has 4 nitrogen and oxygen atoms in total. The van der Waals surface area contributed by atoms with Crippen LogP contribution in [0.5, 0.6) is 5.75 Å². The zero-order valence-corrected chi connectivity index (χ0v) is 9.69. The average molecular weight is 230 g/mol. The summed E-state index contributed by atoms with van der Waals surface area (Å²) in [6.07, 6.45) is 1.17. The molecule has 1 N–H and O–H groups in total. The third-order valence-corrected chi connectivity index (χ3v) is 2.73. The molecule has 4 heteroatoms. The predicted octanol–water partition coefficient (Wildman–Crippen LogP) is 1.65. The normalized spacial score (nSPS) is 14.4. The summed E-state index contributed by atoms with van der Waals surface area (Å²) >= 11 is 0. The van der Waals surface area contributed by atoms with Crippen LogP contribution < -0.4 is 10.1 Å². The minimum Gasteiger partial charge on any atom is -0.493 e. The smallest absolute Gasteiger partial charge is 0.251 e. The first-order valence-corrected chi connectivity index (χ1v) is 5.64. The highest BCUT2D eigenvalue weighted by Crippen LogP contribution is 2.25. The van der Waals surface area contributed by atoms with E-state index >= 15 is 0 Å². The number of benzene rings is 1. The van der Waals surface area contributed by atoms with Crippen LogP contribution >= 0.6 is 0 Å². The van der Waals surface area contributed by atoms with Crippen molar-refractivity contribution >= 4 is 5.91 Å². The van der Waals surface area contributed by atoms with Gasteiger partial charge in [-0.2, -0.15) is 5.26 Å². The molecule has 1 aromatic rings. The van der Waals surface area contributed by atoms with Crippen molar-refractivity contribution in [2.75, 3.05) is 6.61 Å². The molecule has 2 rings (SSSR count). The molecule has 0 spiro atoms. The maximum Gasteiger partial charge on any atom is 0.251 e. The molecular weight excluding hydrogens is 216 g/mol. The van der Waals surface area contributed by atoms with Gasteiger partial charge >= 0.3 is 0 Å². The van der Waals surface area contributed by atoms with Gasteiger partial charge in [0.1, 0.15) is 5.75 Å². The van der Waals surface area contributed by atoms with Gasteiger partial charge in [0.05, 0.1) is 19.1 Å². The first kappa shape index (κ1) is 11.5. The van der Waals surface area contributed by atoms with Crippen molar-refractivity contribution in [3.63, 3.8) is 0 Å². The van der Waals surface area contributed by atoms with Crippen molar-refractivity contribution in [3.05, 3.63) is 29.3 Å². The molecule has 1 aromatic carbocycles. The third kappa shape index (κ3) is 2.56. The summed E-state index contributed by atoms with van der Waals surface area (Å²) < 4.78 is 5.38. The first-order valence-electron chi connectivity index (χ1n) is 5.64. The van der Waals surface area contributed by atoms with Crippen LogP contribution in [0.4, 0.5) is 0 Å². The standard InChI is InChI=1S/C13H14N2O2/c1-9(4-6-14)15-13(16)11-2-3-12-10(8-11)5-7-17-12/h2-3,8-9H,4-5,7H2,1H3,(H,15,16). The molecule has 0 bridgehead atoms. The van der Waals surface area contributed by atoms with Gasteiger partial charge < -0.3 is 10.1 Å². The molecule has 1 atom stereocenters. The number of ether oxygens (including phenoxy) is 1. The van der Waals surface area contributed by atoms with Crippen molar-refractivity contribution in [1.82, 2.24) is 5.32 Å². The second-order valence-electron chi connectivity index (χ2n) is 4.16. The Bertz CT molecular complexity index is 477. The fraction of sp³-hybridized carbons (Fsp3) is 0.385. The summed E-state index contributed by atoms with van der Waals surface area (Å²) in [6, 6.07) is 7.34. The SMILES string of the molecule is CC(CC#N)NC(=O)c1ccc2c(c1)CCO2. The fourth-order valence-electron chi connectivity index (χ4n) is 1.82. The highest BCUT2D eigenvalue weighted by Gasteiger charge is 2.15. The summed E-state index contributed by atoms with van der Waals surface area (Å²) in [4.78, 5) is 11.9. The first-order chi connectivity index (χ1) is 8.20. The Labute approximate surface area is 100 Å². The second kappa shape index (κ2) is 4.88. The highest BCUT2D eigenvalue weighted by molar-refractivity contribution is 5.94. The molecule has 0 fully saturated rings. The zero-order valence-electron chi connectivity index (χ0n) is 9.69. The summed E-state index contributed by atoms with van der Waals surface area (Å²) in [5, 5.41) is 11.3. The average Bonchev–Trinajstić information content (AvgIpc) is 2.75. The van der Waals surface area contributed by atoms with Crippen molar-refractivity contribution in [3.8, 4) is 11.8 Å². The van der Waals surface area contributed by atoms with Gasteiger partial charge in [-0.15, -0.1) is 0 Å². The van der Waals surface area contributed by atoms with Crippen LogP contribution in [0.1, 0.15) is 29.3 Å². The lowest BCUT2D eigenvalue weighted by molar-refractivity contribution is 0.0941. The van der Waals surface area contributed by atoms with Gasteiger partial charge in [-0.3, -0.25) is 4.79 Å². The molecule has 0 saturated carbocycles. The Kier molecular flexibility index (Phi) is 3.29. The quantitative estimate of drug-likeness (QED) is 0.858. The van der Waals surface area contributed by atoms with E-state index in [1.807, 2.05) is 25.1 Å². The number of amides is 1. The molecule has 0 aliphatic carbocycles. The van der Waals surface area contributed by atoms with E-state index in [1.54, 1.807) is 6.07 Å². The highest BCUT2D eigenvalue weighted by atomic mass is 16.5. The number of nitriles is 1. The molecule has 1 aliphatic heterocycles. The fourth-order valence-corrected chi connectivity index (χ4v) is 1.82. The second-order valence-corrected chi connectivity index (χ2v) is 4.16. The van der Waals surface area contributed by atoms with Gasteiger partial charge in [0.15, 0.2) is 0 Å². The molecule has 0 aromatic heterocycles. The van der Waals surface area contributed by atoms with E-state index in [1.165, 1.54) is 0 Å². The Hall–Kier alpha value is -2.02. The molecule has 17 heavy (non-hydrogen) atoms. The molecule has 1 heterocycles. The van der Waals surface area contributed by atoms with Gasteiger partial charge in [-0.25, -0.2) is 0 Å². The Morgan fingerprint density at radius 1 is 1.65 bits per heavy atom. The van der Waals surface area contributed by atoms with Gasteiger partial charge in [0, 0.05) is 18.0 Å². The summed E-state index contributed by atoms with van der Waals surface area (Å²) in [6.45, 7) is 2.50. The van der Waals surface area contributed by atoms with E-state index in [0.29, 0.717) is 18.6 Å². The van der Waals surface area contributed by atoms with Crippen LogP contribution in [0.2, 0.25) is 0 Å². The van der Waals surface area contributed by atoms with Crippen LogP contribution in [0.3, 0.4) is 0 Å². The van der Waals surface area contributed by atoms with E-state index in [0.717, 1.165) is 17.7 Å². The van der Waals surface area contributed by atoms with Crippen LogP contribution in [-0.2, 0) is 6.42 Å². The lowest BCUT2D eigenvalue weighted by Gasteiger charge is -2.10. The van der Waals surface area contributed by atoms with Crippen molar-refractivity contribution in [1.29, 1.82) is 5.26 Å². The molecular formula is C13H14N2O2. The van der Waals surface area contributed by atoms with Gasteiger partial charge in [0.25, 0.3) is 5.91 Å². The van der Waals surface area contributed by atoms with Gasteiger partial charge in [0.2, 0.25) is 0 Å². The lowest BCUT2D eigenvalue weighted by atomic mass is 10.1. The summed E-state index contributed by atoms with van der Waals surface area (Å²) in [7, 11) is 0. The zero-order chi connectivity index (χ0) is 12.3. The van der Waals surface area contributed by atoms with Gasteiger partial charge in [-0.05, 0) is 30.7 Å². The number of rotatable bonds is 3. The predicted molar refractivity (Wildman–Crippen MR) is 62.8 cm³/mol. The van der Waals surface area contributed by atoms with Crippen LogP contribution in [0, 0.1) is 11.3 Å². The van der Waals surface area contributed by atoms with E-state index in [-0.39, 0.29) is 11.9 Å². The summed E-state index contributed by atoms with van der Waals surface area (Å²) in [5.74, 6) is 0.731. The Morgan fingerprint density at radius 2 is 2.47 bits per heavy atom. The van der Waals surface area contributed by atoms with Gasteiger partial charge in [-0.1, -0.05) is 0 Å². The number of carbonyl (C=O) groups is 1. The molecule has 1 amide bonds. The summed E-state index contributed by atoms with van der Waals surface area (Å²) in [5.41, 5.74) is 1.70. The number of hydrogen-bond acceptors (Lipinski definition) is 3. The maximum atomic E-state index is 11.9. The van der Waals surface area contributed by atoms with Crippen molar-refractivity contribution < 1.29 is 9.53 Å². The van der Waals surface area contributed by atoms with Crippen molar-refractivity contribution in [2.24, 2.45) is 0 Å². The number of fused-ring (bicyclic) bond motifs is 1. The van der Waals surface area contributed by atoms with E-state index < -0.39 is 0 Å².